The Hall–Kier alpha value is -1.63. The van der Waals surface area contributed by atoms with Crippen LogP contribution in [0.2, 0.25) is 0 Å². The van der Waals surface area contributed by atoms with Crippen LogP contribution in [0.25, 0.3) is 0 Å². The van der Waals surface area contributed by atoms with Crippen molar-refractivity contribution in [3.63, 3.8) is 0 Å². The SMILES string of the molecule is CN(C)CCn1cc([N+](=O)[O-])c(N)n1. The van der Waals surface area contributed by atoms with Crippen LogP contribution in [0.5, 0.6) is 0 Å². The van der Waals surface area contributed by atoms with Gasteiger partial charge in [-0.3, -0.25) is 14.8 Å². The lowest BCUT2D eigenvalue weighted by atomic mass is 10.5. The van der Waals surface area contributed by atoms with Gasteiger partial charge in [-0.25, -0.2) is 0 Å². The maximum absolute atomic E-state index is 10.4. The van der Waals surface area contributed by atoms with E-state index in [4.69, 9.17) is 5.73 Å². The van der Waals surface area contributed by atoms with Gasteiger partial charge in [0, 0.05) is 6.54 Å². The summed E-state index contributed by atoms with van der Waals surface area (Å²) in [6.45, 7) is 1.35. The molecule has 78 valence electrons. The lowest BCUT2D eigenvalue weighted by Gasteiger charge is -2.07. The van der Waals surface area contributed by atoms with Crippen LogP contribution >= 0.6 is 0 Å². The second-order valence-electron chi connectivity index (χ2n) is 3.22. The first kappa shape index (κ1) is 10.5. The van der Waals surface area contributed by atoms with Crippen molar-refractivity contribution in [3.8, 4) is 0 Å². The quantitative estimate of drug-likeness (QED) is 0.541. The van der Waals surface area contributed by atoms with Crippen molar-refractivity contribution in [1.82, 2.24) is 14.7 Å². The lowest BCUT2D eigenvalue weighted by Crippen LogP contribution is -2.18. The van der Waals surface area contributed by atoms with Crippen molar-refractivity contribution in [2.45, 2.75) is 6.54 Å². The van der Waals surface area contributed by atoms with Gasteiger partial charge in [-0.1, -0.05) is 0 Å². The lowest BCUT2D eigenvalue weighted by molar-refractivity contribution is -0.384. The molecule has 0 atom stereocenters. The molecule has 0 amide bonds. The largest absolute Gasteiger partial charge is 0.376 e. The maximum atomic E-state index is 10.4. The maximum Gasteiger partial charge on any atom is 0.330 e. The summed E-state index contributed by atoms with van der Waals surface area (Å²) in [6, 6.07) is 0. The van der Waals surface area contributed by atoms with E-state index in [9.17, 15) is 10.1 Å². The van der Waals surface area contributed by atoms with E-state index >= 15 is 0 Å². The number of anilines is 1. The first-order valence-electron chi connectivity index (χ1n) is 4.12. The first-order chi connectivity index (χ1) is 6.50. The Morgan fingerprint density at radius 2 is 2.36 bits per heavy atom. The molecule has 0 aliphatic carbocycles. The Bertz CT molecular complexity index is 333. The molecule has 0 aliphatic rings. The molecule has 2 N–H and O–H groups in total. The van der Waals surface area contributed by atoms with E-state index in [-0.39, 0.29) is 11.5 Å². The van der Waals surface area contributed by atoms with Gasteiger partial charge in [-0.15, -0.1) is 5.10 Å². The zero-order valence-corrected chi connectivity index (χ0v) is 8.17. The van der Waals surface area contributed by atoms with E-state index in [1.807, 2.05) is 19.0 Å². The topological polar surface area (TPSA) is 90.2 Å². The molecule has 0 saturated heterocycles. The van der Waals surface area contributed by atoms with Gasteiger partial charge in [0.2, 0.25) is 5.82 Å². The van der Waals surface area contributed by atoms with Gasteiger partial charge < -0.3 is 10.6 Å². The minimum atomic E-state index is -0.533. The van der Waals surface area contributed by atoms with Crippen LogP contribution < -0.4 is 5.73 Å². The molecule has 1 aromatic rings. The predicted octanol–water partition coefficient (Wildman–Crippen LogP) is -0.0649. The highest BCUT2D eigenvalue weighted by Crippen LogP contribution is 2.17. The number of hydrogen-bond acceptors (Lipinski definition) is 5. The Morgan fingerprint density at radius 1 is 1.71 bits per heavy atom. The number of aromatic nitrogens is 2. The summed E-state index contributed by atoms with van der Waals surface area (Å²) in [5, 5.41) is 14.3. The average Bonchev–Trinajstić information content (AvgIpc) is 2.43. The summed E-state index contributed by atoms with van der Waals surface area (Å²) in [6.07, 6.45) is 1.35. The van der Waals surface area contributed by atoms with Crippen molar-refractivity contribution in [2.24, 2.45) is 0 Å². The van der Waals surface area contributed by atoms with Gasteiger partial charge in [-0.05, 0) is 14.1 Å². The summed E-state index contributed by atoms with van der Waals surface area (Å²) in [5.41, 5.74) is 5.23. The number of nitrogens with zero attached hydrogens (tertiary/aromatic N) is 4. The van der Waals surface area contributed by atoms with Crippen LogP contribution in [0, 0.1) is 10.1 Å². The molecule has 0 radical (unpaired) electrons. The van der Waals surface area contributed by atoms with Gasteiger partial charge in [0.15, 0.2) is 0 Å². The Kier molecular flexibility index (Phi) is 3.03. The standard InChI is InChI=1S/C7H13N5O2/c1-10(2)3-4-11-5-6(12(13)14)7(8)9-11/h5H,3-4H2,1-2H3,(H2,8,9). The normalized spacial score (nSPS) is 10.8. The highest BCUT2D eigenvalue weighted by molar-refractivity contribution is 5.50. The molecule has 0 saturated carbocycles. The number of nitro groups is 1. The second kappa shape index (κ2) is 4.05. The molecule has 0 aliphatic heterocycles. The summed E-state index contributed by atoms with van der Waals surface area (Å²) in [4.78, 5) is 11.9. The molecule has 7 nitrogen and oxygen atoms in total. The fraction of sp³-hybridized carbons (Fsp3) is 0.571. The van der Waals surface area contributed by atoms with E-state index in [2.05, 4.69) is 5.10 Å². The summed E-state index contributed by atoms with van der Waals surface area (Å²) >= 11 is 0. The molecular weight excluding hydrogens is 186 g/mol. The molecule has 1 rings (SSSR count). The van der Waals surface area contributed by atoms with Crippen molar-refractivity contribution in [3.05, 3.63) is 16.3 Å². The van der Waals surface area contributed by atoms with Crippen LogP contribution in [0.1, 0.15) is 0 Å². The first-order valence-corrected chi connectivity index (χ1v) is 4.12. The second-order valence-corrected chi connectivity index (χ2v) is 3.22. The van der Waals surface area contributed by atoms with Gasteiger partial charge in [-0.2, -0.15) is 0 Å². The van der Waals surface area contributed by atoms with Gasteiger partial charge in [0.25, 0.3) is 0 Å². The van der Waals surface area contributed by atoms with E-state index in [1.165, 1.54) is 10.9 Å². The minimum absolute atomic E-state index is 0.0336. The Morgan fingerprint density at radius 3 is 2.79 bits per heavy atom. The molecule has 7 heteroatoms. The molecule has 0 fully saturated rings. The van der Waals surface area contributed by atoms with Crippen LogP contribution in [-0.2, 0) is 6.54 Å². The fourth-order valence-corrected chi connectivity index (χ4v) is 0.983. The monoisotopic (exact) mass is 199 g/mol. The van der Waals surface area contributed by atoms with Crippen molar-refractivity contribution in [2.75, 3.05) is 26.4 Å². The van der Waals surface area contributed by atoms with E-state index in [1.54, 1.807) is 0 Å². The zero-order chi connectivity index (χ0) is 10.7. The van der Waals surface area contributed by atoms with Crippen molar-refractivity contribution >= 4 is 11.5 Å². The van der Waals surface area contributed by atoms with E-state index in [0.717, 1.165) is 6.54 Å². The van der Waals surface area contributed by atoms with Crippen molar-refractivity contribution in [1.29, 1.82) is 0 Å². The molecular formula is C7H13N5O2. The van der Waals surface area contributed by atoms with Crippen LogP contribution in [0.3, 0.4) is 0 Å². The predicted molar refractivity (Wildman–Crippen MR) is 51.8 cm³/mol. The highest BCUT2D eigenvalue weighted by Gasteiger charge is 2.15. The van der Waals surface area contributed by atoms with Crippen molar-refractivity contribution < 1.29 is 4.92 Å². The minimum Gasteiger partial charge on any atom is -0.376 e. The Balaban J connectivity index is 2.71. The Labute approximate surface area is 81.3 Å². The summed E-state index contributed by atoms with van der Waals surface area (Å²) < 4.78 is 1.48. The van der Waals surface area contributed by atoms with E-state index in [0.29, 0.717) is 6.54 Å². The zero-order valence-electron chi connectivity index (χ0n) is 8.17. The van der Waals surface area contributed by atoms with Gasteiger partial charge >= 0.3 is 5.69 Å². The summed E-state index contributed by atoms with van der Waals surface area (Å²) in [5.74, 6) is -0.0336. The molecule has 0 spiro atoms. The van der Waals surface area contributed by atoms with Crippen LogP contribution in [-0.4, -0.2) is 40.2 Å². The highest BCUT2D eigenvalue weighted by atomic mass is 16.6. The molecule has 0 bridgehead atoms. The average molecular weight is 199 g/mol. The number of rotatable bonds is 4. The number of nitrogens with two attached hydrogens (primary N) is 1. The molecule has 0 unspecified atom stereocenters. The third kappa shape index (κ3) is 2.43. The van der Waals surface area contributed by atoms with E-state index < -0.39 is 4.92 Å². The third-order valence-electron chi connectivity index (χ3n) is 1.74. The van der Waals surface area contributed by atoms with Gasteiger partial charge in [0.05, 0.1) is 11.5 Å². The number of hydrogen-bond donors (Lipinski definition) is 1. The number of nitrogen functional groups attached to an aromatic ring is 1. The third-order valence-corrected chi connectivity index (χ3v) is 1.74. The molecule has 1 aromatic heterocycles. The van der Waals surface area contributed by atoms with Crippen LogP contribution in [0.4, 0.5) is 11.5 Å². The number of likely N-dealkylation sites (N-methyl/N-ethyl adjacent to an activating group) is 1. The molecule has 14 heavy (non-hydrogen) atoms. The fourth-order valence-electron chi connectivity index (χ4n) is 0.983. The molecule has 1 heterocycles. The van der Waals surface area contributed by atoms with Crippen LogP contribution in [0.15, 0.2) is 6.20 Å². The van der Waals surface area contributed by atoms with Gasteiger partial charge in [0.1, 0.15) is 6.20 Å². The summed E-state index contributed by atoms with van der Waals surface area (Å²) in [7, 11) is 3.84. The molecule has 0 aromatic carbocycles. The smallest absolute Gasteiger partial charge is 0.330 e.